The molecule has 0 aliphatic heterocycles. The largest absolute Gasteiger partial charge is 0.496 e. The Bertz CT molecular complexity index is 567. The molecule has 0 aliphatic rings. The van der Waals surface area contributed by atoms with Crippen LogP contribution in [0.5, 0.6) is 5.75 Å². The van der Waals surface area contributed by atoms with Gasteiger partial charge in [0.15, 0.2) is 0 Å². The van der Waals surface area contributed by atoms with Gasteiger partial charge in [0.25, 0.3) is 0 Å². The molecule has 4 heteroatoms. The van der Waals surface area contributed by atoms with Crippen LogP contribution in [-0.2, 0) is 0 Å². The van der Waals surface area contributed by atoms with Crippen LogP contribution in [0, 0.1) is 6.92 Å². The maximum Gasteiger partial charge on any atom is 0.124 e. The Balaban J connectivity index is 2.42. The highest BCUT2D eigenvalue weighted by Gasteiger charge is 2.19. The number of benzene rings is 1. The Kier molecular flexibility index (Phi) is 5.46. The van der Waals surface area contributed by atoms with E-state index in [9.17, 15) is 0 Å². The summed E-state index contributed by atoms with van der Waals surface area (Å²) in [6, 6.07) is 10.4. The molecular weight excluding hydrogens is 290 g/mol. The molecular formula is C16H20ClNOS. The van der Waals surface area contributed by atoms with Crippen molar-refractivity contribution >= 4 is 22.9 Å². The summed E-state index contributed by atoms with van der Waals surface area (Å²) in [6.45, 7) is 5.22. The minimum atomic E-state index is 0.127. The molecule has 0 radical (unpaired) electrons. The van der Waals surface area contributed by atoms with Gasteiger partial charge in [-0.2, -0.15) is 0 Å². The summed E-state index contributed by atoms with van der Waals surface area (Å²) in [5.41, 5.74) is 2.39. The molecule has 0 bridgehead atoms. The summed E-state index contributed by atoms with van der Waals surface area (Å²) in [7, 11) is 1.71. The van der Waals surface area contributed by atoms with Crippen LogP contribution in [0.25, 0.3) is 0 Å². The molecule has 1 aromatic heterocycles. The highest BCUT2D eigenvalue weighted by molar-refractivity contribution is 7.16. The Labute approximate surface area is 129 Å². The lowest BCUT2D eigenvalue weighted by Gasteiger charge is -2.20. The maximum atomic E-state index is 6.09. The fourth-order valence-electron chi connectivity index (χ4n) is 2.22. The van der Waals surface area contributed by atoms with E-state index in [0.717, 1.165) is 23.1 Å². The summed E-state index contributed by atoms with van der Waals surface area (Å²) in [5, 5.41) is 3.59. The van der Waals surface area contributed by atoms with Crippen molar-refractivity contribution in [3.8, 4) is 5.75 Å². The van der Waals surface area contributed by atoms with Gasteiger partial charge >= 0.3 is 0 Å². The topological polar surface area (TPSA) is 21.3 Å². The van der Waals surface area contributed by atoms with Crippen LogP contribution in [-0.4, -0.2) is 13.7 Å². The van der Waals surface area contributed by atoms with Crippen molar-refractivity contribution < 1.29 is 4.74 Å². The molecule has 1 N–H and O–H groups in total. The summed E-state index contributed by atoms with van der Waals surface area (Å²) < 4.78 is 6.34. The first-order valence-corrected chi connectivity index (χ1v) is 7.98. The van der Waals surface area contributed by atoms with E-state index in [1.807, 2.05) is 12.1 Å². The smallest absolute Gasteiger partial charge is 0.124 e. The first-order chi connectivity index (χ1) is 9.65. The van der Waals surface area contributed by atoms with Crippen molar-refractivity contribution in [1.29, 1.82) is 0 Å². The first kappa shape index (κ1) is 15.4. The van der Waals surface area contributed by atoms with Crippen LogP contribution >= 0.6 is 22.9 Å². The molecule has 0 fully saturated rings. The predicted octanol–water partition coefficient (Wildman–Crippen LogP) is 4.81. The number of hydrogen-bond donors (Lipinski definition) is 1. The van der Waals surface area contributed by atoms with E-state index in [0.29, 0.717) is 0 Å². The Morgan fingerprint density at radius 2 is 2.10 bits per heavy atom. The molecule has 2 aromatic rings. The zero-order valence-electron chi connectivity index (χ0n) is 12.1. The molecule has 0 spiro atoms. The summed E-state index contributed by atoms with van der Waals surface area (Å²) in [4.78, 5) is 1.22. The third kappa shape index (κ3) is 3.54. The van der Waals surface area contributed by atoms with Crippen molar-refractivity contribution in [2.24, 2.45) is 0 Å². The van der Waals surface area contributed by atoms with Crippen LogP contribution < -0.4 is 10.1 Å². The van der Waals surface area contributed by atoms with Gasteiger partial charge in [-0.25, -0.2) is 0 Å². The molecule has 1 aromatic carbocycles. The highest BCUT2D eigenvalue weighted by Crippen LogP contribution is 2.35. The van der Waals surface area contributed by atoms with Crippen LogP contribution in [0.4, 0.5) is 0 Å². The van der Waals surface area contributed by atoms with Crippen molar-refractivity contribution in [3.63, 3.8) is 0 Å². The molecule has 0 aliphatic carbocycles. The zero-order chi connectivity index (χ0) is 14.5. The van der Waals surface area contributed by atoms with Crippen LogP contribution in [0.1, 0.15) is 35.4 Å². The molecule has 108 valence electrons. The van der Waals surface area contributed by atoms with Gasteiger partial charge in [0.1, 0.15) is 5.75 Å². The highest BCUT2D eigenvalue weighted by atomic mass is 35.5. The number of halogens is 1. The molecule has 1 atom stereocenters. The van der Waals surface area contributed by atoms with Gasteiger partial charge in [-0.1, -0.05) is 36.2 Å². The summed E-state index contributed by atoms with van der Waals surface area (Å²) >= 11 is 7.70. The minimum Gasteiger partial charge on any atom is -0.496 e. The second-order valence-corrected chi connectivity index (χ2v) is 6.52. The van der Waals surface area contributed by atoms with Crippen molar-refractivity contribution in [1.82, 2.24) is 5.32 Å². The molecule has 1 unspecified atom stereocenters. The lowest BCUT2D eigenvalue weighted by Crippen LogP contribution is -2.23. The van der Waals surface area contributed by atoms with Gasteiger partial charge in [0, 0.05) is 10.4 Å². The van der Waals surface area contributed by atoms with Gasteiger partial charge in [0.2, 0.25) is 0 Å². The second kappa shape index (κ2) is 7.11. The van der Waals surface area contributed by atoms with Crippen LogP contribution in [0.2, 0.25) is 4.34 Å². The third-order valence-electron chi connectivity index (χ3n) is 3.17. The van der Waals surface area contributed by atoms with Crippen LogP contribution in [0.15, 0.2) is 30.3 Å². The normalized spacial score (nSPS) is 12.4. The molecule has 1 heterocycles. The Morgan fingerprint density at radius 3 is 2.70 bits per heavy atom. The fraction of sp³-hybridized carbons (Fsp3) is 0.375. The van der Waals surface area contributed by atoms with Gasteiger partial charge in [-0.3, -0.25) is 0 Å². The molecule has 0 amide bonds. The monoisotopic (exact) mass is 309 g/mol. The summed E-state index contributed by atoms with van der Waals surface area (Å²) in [6.07, 6.45) is 1.09. The van der Waals surface area contributed by atoms with Gasteiger partial charge in [0.05, 0.1) is 17.5 Å². The molecule has 2 rings (SSSR count). The third-order valence-corrected chi connectivity index (χ3v) is 4.47. The number of nitrogens with one attached hydrogen (secondary N) is 1. The molecule has 0 saturated carbocycles. The van der Waals surface area contributed by atoms with E-state index in [-0.39, 0.29) is 6.04 Å². The number of rotatable bonds is 6. The second-order valence-electron chi connectivity index (χ2n) is 4.77. The van der Waals surface area contributed by atoms with E-state index < -0.39 is 0 Å². The predicted molar refractivity (Wildman–Crippen MR) is 87.2 cm³/mol. The van der Waals surface area contributed by atoms with E-state index in [2.05, 4.69) is 37.4 Å². The van der Waals surface area contributed by atoms with E-state index >= 15 is 0 Å². The number of hydrogen-bond acceptors (Lipinski definition) is 3. The zero-order valence-corrected chi connectivity index (χ0v) is 13.6. The Morgan fingerprint density at radius 1 is 1.30 bits per heavy atom. The van der Waals surface area contributed by atoms with Crippen LogP contribution in [0.3, 0.4) is 0 Å². The Hall–Kier alpha value is -1.03. The van der Waals surface area contributed by atoms with Gasteiger partial charge in [-0.05, 0) is 38.1 Å². The van der Waals surface area contributed by atoms with E-state index in [4.69, 9.17) is 16.3 Å². The van der Waals surface area contributed by atoms with Gasteiger partial charge in [-0.15, -0.1) is 11.3 Å². The van der Waals surface area contributed by atoms with Crippen molar-refractivity contribution in [3.05, 3.63) is 50.7 Å². The fourth-order valence-corrected chi connectivity index (χ4v) is 3.37. The minimum absolute atomic E-state index is 0.127. The number of aryl methyl sites for hydroxylation is 1. The first-order valence-electron chi connectivity index (χ1n) is 6.79. The SMILES string of the molecule is CCCNC(c1ccc(Cl)s1)c1cc(C)ccc1OC. The molecule has 2 nitrogen and oxygen atoms in total. The average Bonchev–Trinajstić information content (AvgIpc) is 2.86. The van der Waals surface area contributed by atoms with E-state index in [1.165, 1.54) is 16.0 Å². The molecule has 20 heavy (non-hydrogen) atoms. The summed E-state index contributed by atoms with van der Waals surface area (Å²) in [5.74, 6) is 0.911. The van der Waals surface area contributed by atoms with E-state index in [1.54, 1.807) is 18.4 Å². The number of methoxy groups -OCH3 is 1. The average molecular weight is 310 g/mol. The van der Waals surface area contributed by atoms with Gasteiger partial charge < -0.3 is 10.1 Å². The van der Waals surface area contributed by atoms with Crippen molar-refractivity contribution in [2.45, 2.75) is 26.3 Å². The molecule has 0 saturated heterocycles. The maximum absolute atomic E-state index is 6.09. The quantitative estimate of drug-likeness (QED) is 0.827. The lowest BCUT2D eigenvalue weighted by atomic mass is 10.0. The van der Waals surface area contributed by atoms with Crippen molar-refractivity contribution in [2.75, 3.05) is 13.7 Å². The number of thiophene rings is 1. The standard InChI is InChI=1S/C16H20ClNOS/c1-4-9-18-16(14-7-8-15(17)20-14)12-10-11(2)5-6-13(12)19-3/h5-8,10,16,18H,4,9H2,1-3H3. The lowest BCUT2D eigenvalue weighted by molar-refractivity contribution is 0.404. The number of ether oxygens (including phenoxy) is 1.